The van der Waals surface area contributed by atoms with E-state index in [4.69, 9.17) is 14.6 Å². The molecule has 1 amide bonds. The Hall–Kier alpha value is -2.54. The second-order valence-corrected chi connectivity index (χ2v) is 5.13. The molecular formula is C14H11N3O3S. The van der Waals surface area contributed by atoms with Crippen LogP contribution in [0.4, 0.5) is 0 Å². The highest BCUT2D eigenvalue weighted by Crippen LogP contribution is 2.25. The molecule has 0 saturated heterocycles. The Morgan fingerprint density at radius 3 is 2.67 bits per heavy atom. The summed E-state index contributed by atoms with van der Waals surface area (Å²) in [7, 11) is 0. The minimum atomic E-state index is -0.436. The Morgan fingerprint density at radius 1 is 1.19 bits per heavy atom. The van der Waals surface area contributed by atoms with Crippen LogP contribution in [0.5, 0.6) is 0 Å². The third kappa shape index (κ3) is 3.14. The topological polar surface area (TPSA) is 95.2 Å². The zero-order valence-corrected chi connectivity index (χ0v) is 11.7. The lowest BCUT2D eigenvalue weighted by Gasteiger charge is -1.99. The number of nitrogens with two attached hydrogens (primary N) is 1. The van der Waals surface area contributed by atoms with Crippen LogP contribution in [0.1, 0.15) is 15.9 Å². The molecule has 0 radical (unpaired) electrons. The quantitative estimate of drug-likeness (QED) is 0.728. The molecule has 0 fully saturated rings. The Morgan fingerprint density at radius 2 is 2.00 bits per heavy atom. The van der Waals surface area contributed by atoms with E-state index in [9.17, 15) is 4.79 Å². The first-order valence-electron chi connectivity index (χ1n) is 6.11. The fraction of sp³-hybridized carbons (Fsp3) is 0.0714. The summed E-state index contributed by atoms with van der Waals surface area (Å²) in [5, 5.41) is 8.32. The van der Waals surface area contributed by atoms with Crippen LogP contribution >= 0.6 is 11.8 Å². The van der Waals surface area contributed by atoms with Gasteiger partial charge in [-0.3, -0.25) is 4.79 Å². The number of benzene rings is 1. The summed E-state index contributed by atoms with van der Waals surface area (Å²) in [6.07, 6.45) is 1.55. The molecule has 2 heterocycles. The van der Waals surface area contributed by atoms with E-state index in [0.29, 0.717) is 28.2 Å². The highest BCUT2D eigenvalue weighted by Gasteiger charge is 2.11. The van der Waals surface area contributed by atoms with Crippen LogP contribution in [-0.4, -0.2) is 16.1 Å². The molecule has 0 aliphatic heterocycles. The molecule has 0 spiro atoms. The highest BCUT2D eigenvalue weighted by molar-refractivity contribution is 7.98. The minimum Gasteiger partial charge on any atom is -0.459 e. The van der Waals surface area contributed by atoms with Gasteiger partial charge < -0.3 is 14.6 Å². The summed E-state index contributed by atoms with van der Waals surface area (Å²) >= 11 is 1.41. The summed E-state index contributed by atoms with van der Waals surface area (Å²) in [6, 6.07) is 10.6. The van der Waals surface area contributed by atoms with Gasteiger partial charge in [-0.1, -0.05) is 23.9 Å². The number of carbonyl (C=O) groups excluding carboxylic acids is 1. The number of hydrogen-bond donors (Lipinski definition) is 1. The Labute approximate surface area is 124 Å². The molecule has 3 aromatic rings. The van der Waals surface area contributed by atoms with E-state index in [1.807, 2.05) is 12.1 Å². The number of amides is 1. The first-order valence-corrected chi connectivity index (χ1v) is 7.10. The van der Waals surface area contributed by atoms with E-state index >= 15 is 0 Å². The molecule has 7 heteroatoms. The van der Waals surface area contributed by atoms with Crippen LogP contribution in [0.15, 0.2) is 56.7 Å². The molecule has 3 rings (SSSR count). The fourth-order valence-electron chi connectivity index (χ4n) is 1.68. The number of thioether (sulfide) groups is 1. The van der Waals surface area contributed by atoms with Crippen molar-refractivity contribution < 1.29 is 13.6 Å². The van der Waals surface area contributed by atoms with Crippen molar-refractivity contribution in [2.75, 3.05) is 0 Å². The second kappa shape index (κ2) is 5.84. The summed E-state index contributed by atoms with van der Waals surface area (Å²) in [6.45, 7) is 0. The number of furan rings is 1. The van der Waals surface area contributed by atoms with Gasteiger partial charge in [0.15, 0.2) is 5.76 Å². The summed E-state index contributed by atoms with van der Waals surface area (Å²) < 4.78 is 10.7. The molecule has 0 aliphatic carbocycles. The first kappa shape index (κ1) is 13.4. The largest absolute Gasteiger partial charge is 0.459 e. The molecule has 0 bridgehead atoms. The number of nitrogens with zero attached hydrogens (tertiary/aromatic N) is 2. The maximum atomic E-state index is 11.0. The maximum absolute atomic E-state index is 11.0. The van der Waals surface area contributed by atoms with Gasteiger partial charge in [0.1, 0.15) is 0 Å². The van der Waals surface area contributed by atoms with Gasteiger partial charge in [0.2, 0.25) is 5.91 Å². The number of carbonyl (C=O) groups is 1. The van der Waals surface area contributed by atoms with E-state index in [1.54, 1.807) is 30.5 Å². The SMILES string of the molecule is NC(=O)c1ccc(CSc2nnc(-c3ccco3)o2)cc1. The van der Waals surface area contributed by atoms with Crippen molar-refractivity contribution in [1.82, 2.24) is 10.2 Å². The predicted molar refractivity (Wildman–Crippen MR) is 76.5 cm³/mol. The minimum absolute atomic E-state index is 0.353. The normalized spacial score (nSPS) is 10.7. The Kier molecular flexibility index (Phi) is 3.74. The molecule has 0 unspecified atom stereocenters. The van der Waals surface area contributed by atoms with Crippen molar-refractivity contribution in [2.45, 2.75) is 11.0 Å². The number of primary amides is 1. The first-order chi connectivity index (χ1) is 10.2. The molecule has 0 atom stereocenters. The van der Waals surface area contributed by atoms with Crippen LogP contribution in [0, 0.1) is 0 Å². The zero-order chi connectivity index (χ0) is 14.7. The van der Waals surface area contributed by atoms with Gasteiger partial charge in [0, 0.05) is 11.3 Å². The number of rotatable bonds is 5. The highest BCUT2D eigenvalue weighted by atomic mass is 32.2. The van der Waals surface area contributed by atoms with Crippen molar-refractivity contribution in [3.63, 3.8) is 0 Å². The van der Waals surface area contributed by atoms with Gasteiger partial charge in [-0.2, -0.15) is 0 Å². The molecule has 0 saturated carbocycles. The van der Waals surface area contributed by atoms with Crippen molar-refractivity contribution in [3.8, 4) is 11.7 Å². The van der Waals surface area contributed by atoms with E-state index in [0.717, 1.165) is 5.56 Å². The van der Waals surface area contributed by atoms with Gasteiger partial charge in [0.25, 0.3) is 11.1 Å². The van der Waals surface area contributed by atoms with E-state index < -0.39 is 5.91 Å². The zero-order valence-electron chi connectivity index (χ0n) is 10.9. The van der Waals surface area contributed by atoms with Crippen molar-refractivity contribution in [3.05, 3.63) is 53.8 Å². The average Bonchev–Trinajstić information content (AvgIpc) is 3.16. The monoisotopic (exact) mass is 301 g/mol. The predicted octanol–water partition coefficient (Wildman–Crippen LogP) is 2.72. The van der Waals surface area contributed by atoms with Crippen LogP contribution < -0.4 is 5.73 Å². The van der Waals surface area contributed by atoms with Gasteiger partial charge in [-0.05, 0) is 29.8 Å². The molecule has 21 heavy (non-hydrogen) atoms. The second-order valence-electron chi connectivity index (χ2n) is 4.20. The fourth-order valence-corrected chi connectivity index (χ4v) is 2.40. The molecule has 6 nitrogen and oxygen atoms in total. The van der Waals surface area contributed by atoms with Gasteiger partial charge in [-0.15, -0.1) is 10.2 Å². The number of hydrogen-bond acceptors (Lipinski definition) is 6. The molecule has 2 aromatic heterocycles. The molecule has 1 aromatic carbocycles. The molecule has 0 aliphatic rings. The molecule has 106 valence electrons. The van der Waals surface area contributed by atoms with Crippen LogP contribution in [0.25, 0.3) is 11.7 Å². The van der Waals surface area contributed by atoms with Gasteiger partial charge in [0.05, 0.1) is 6.26 Å². The Balaban J connectivity index is 1.64. The summed E-state index contributed by atoms with van der Waals surface area (Å²) in [5.74, 6) is 1.11. The maximum Gasteiger partial charge on any atom is 0.284 e. The average molecular weight is 301 g/mol. The molecule has 2 N–H and O–H groups in total. The van der Waals surface area contributed by atoms with Gasteiger partial charge in [-0.25, -0.2) is 0 Å². The lowest BCUT2D eigenvalue weighted by molar-refractivity contribution is 0.100. The standard InChI is InChI=1S/C14H11N3O3S/c15-12(18)10-5-3-9(4-6-10)8-21-14-17-16-13(20-14)11-2-1-7-19-11/h1-7H,8H2,(H2,15,18). The smallest absolute Gasteiger partial charge is 0.284 e. The summed E-state index contributed by atoms with van der Waals surface area (Å²) in [4.78, 5) is 11.0. The van der Waals surface area contributed by atoms with E-state index in [2.05, 4.69) is 10.2 Å². The van der Waals surface area contributed by atoms with Crippen molar-refractivity contribution >= 4 is 17.7 Å². The lowest BCUT2D eigenvalue weighted by atomic mass is 10.1. The van der Waals surface area contributed by atoms with Crippen molar-refractivity contribution in [2.24, 2.45) is 5.73 Å². The summed E-state index contributed by atoms with van der Waals surface area (Å²) in [5.41, 5.74) is 6.71. The lowest BCUT2D eigenvalue weighted by Crippen LogP contribution is -2.10. The number of aromatic nitrogens is 2. The van der Waals surface area contributed by atoms with Crippen LogP contribution in [-0.2, 0) is 5.75 Å². The van der Waals surface area contributed by atoms with Crippen LogP contribution in [0.2, 0.25) is 0 Å². The Bertz CT molecular complexity index is 735. The van der Waals surface area contributed by atoms with E-state index in [-0.39, 0.29) is 0 Å². The van der Waals surface area contributed by atoms with E-state index in [1.165, 1.54) is 11.8 Å². The third-order valence-corrected chi connectivity index (χ3v) is 3.63. The van der Waals surface area contributed by atoms with Crippen LogP contribution in [0.3, 0.4) is 0 Å². The van der Waals surface area contributed by atoms with Crippen molar-refractivity contribution in [1.29, 1.82) is 0 Å². The van der Waals surface area contributed by atoms with Gasteiger partial charge >= 0.3 is 0 Å². The third-order valence-electron chi connectivity index (χ3n) is 2.74. The molecular weight excluding hydrogens is 290 g/mol.